The zero-order valence-corrected chi connectivity index (χ0v) is 22.8. The molecule has 3 heterocycles. The molecule has 2 N–H and O–H groups in total. The Bertz CT molecular complexity index is 1220. The maximum atomic E-state index is 13.0. The van der Waals surface area contributed by atoms with Crippen LogP contribution < -0.4 is 34.9 Å². The molecule has 0 unspecified atom stereocenters. The Labute approximate surface area is 212 Å². The Morgan fingerprint density at radius 2 is 1.75 bits per heavy atom. The standard InChI is InChI=1S/C25H33N5O5Si/c1-15-8-9-17(36(5,6)7)12-19(15)35-20-11-10-18(34-20)22(31)27-21-23(32-3)28-25(29-24(21)33-4)30-13-16(14-30)26-2/h8-12,16,26H,13-14H2,1-7H3,(H,27,31). The van der Waals surface area contributed by atoms with Crippen molar-refractivity contribution in [2.45, 2.75) is 32.6 Å². The second-order valence-corrected chi connectivity index (χ2v) is 14.8. The lowest BCUT2D eigenvalue weighted by atomic mass is 10.1. The molecule has 0 atom stereocenters. The number of likely N-dealkylation sites (N-methyl/N-ethyl adjacent to an activating group) is 1. The molecule has 36 heavy (non-hydrogen) atoms. The smallest absolute Gasteiger partial charge is 0.291 e. The van der Waals surface area contributed by atoms with E-state index in [0.29, 0.717) is 17.7 Å². The topological polar surface area (TPSA) is 111 Å². The lowest BCUT2D eigenvalue weighted by Gasteiger charge is -2.39. The molecule has 192 valence electrons. The van der Waals surface area contributed by atoms with Gasteiger partial charge in [-0.1, -0.05) is 37.0 Å². The van der Waals surface area contributed by atoms with Gasteiger partial charge in [0.25, 0.3) is 11.9 Å². The first-order valence-electron chi connectivity index (χ1n) is 11.7. The molecule has 1 aliphatic rings. The van der Waals surface area contributed by atoms with Crippen LogP contribution in [0.3, 0.4) is 0 Å². The zero-order valence-electron chi connectivity index (χ0n) is 21.8. The van der Waals surface area contributed by atoms with E-state index < -0.39 is 14.0 Å². The molecule has 0 saturated carbocycles. The van der Waals surface area contributed by atoms with Crippen molar-refractivity contribution in [1.82, 2.24) is 15.3 Å². The summed E-state index contributed by atoms with van der Waals surface area (Å²) in [5.41, 5.74) is 1.20. The quantitative estimate of drug-likeness (QED) is 0.418. The van der Waals surface area contributed by atoms with Crippen LogP contribution in [0.25, 0.3) is 0 Å². The number of rotatable bonds is 9. The van der Waals surface area contributed by atoms with E-state index in [4.69, 9.17) is 18.6 Å². The minimum Gasteiger partial charge on any atom is -0.479 e. The summed E-state index contributed by atoms with van der Waals surface area (Å²) in [6.45, 7) is 10.3. The summed E-state index contributed by atoms with van der Waals surface area (Å²) in [5.74, 6) is 1.34. The second-order valence-electron chi connectivity index (χ2n) is 9.71. The predicted octanol–water partition coefficient (Wildman–Crippen LogP) is 3.39. The first kappa shape index (κ1) is 25.5. The normalized spacial score (nSPS) is 13.8. The number of benzene rings is 1. The van der Waals surface area contributed by atoms with Crippen LogP contribution in [0.4, 0.5) is 11.6 Å². The van der Waals surface area contributed by atoms with Gasteiger partial charge in [-0.3, -0.25) is 4.79 Å². The lowest BCUT2D eigenvalue weighted by molar-refractivity contribution is 0.0990. The number of hydrogen-bond acceptors (Lipinski definition) is 9. The van der Waals surface area contributed by atoms with Crippen LogP contribution in [0.5, 0.6) is 23.5 Å². The molecule has 1 aliphatic heterocycles. The molecule has 10 nitrogen and oxygen atoms in total. The Balaban J connectivity index is 1.52. The van der Waals surface area contributed by atoms with Gasteiger partial charge in [0.15, 0.2) is 11.4 Å². The molecule has 0 aliphatic carbocycles. The number of anilines is 2. The molecule has 1 fully saturated rings. The average molecular weight is 512 g/mol. The van der Waals surface area contributed by atoms with Crippen LogP contribution >= 0.6 is 0 Å². The van der Waals surface area contributed by atoms with Gasteiger partial charge in [0.05, 0.1) is 22.3 Å². The third-order valence-electron chi connectivity index (χ3n) is 6.10. The SMILES string of the molecule is CNC1CN(c2nc(OC)c(NC(=O)c3ccc(Oc4cc([Si](C)(C)C)ccc4C)o3)c(OC)n2)C1. The summed E-state index contributed by atoms with van der Waals surface area (Å²) in [6.07, 6.45) is 0. The molecule has 0 bridgehead atoms. The van der Waals surface area contributed by atoms with Gasteiger partial charge >= 0.3 is 0 Å². The Kier molecular flexibility index (Phi) is 7.22. The molecule has 2 aromatic heterocycles. The molecule has 1 aromatic carbocycles. The van der Waals surface area contributed by atoms with Gasteiger partial charge in [0, 0.05) is 25.2 Å². The number of aryl methyl sites for hydroxylation is 1. The number of methoxy groups -OCH3 is 2. The predicted molar refractivity (Wildman–Crippen MR) is 141 cm³/mol. The van der Waals surface area contributed by atoms with Crippen molar-refractivity contribution in [3.05, 3.63) is 41.7 Å². The van der Waals surface area contributed by atoms with Crippen molar-refractivity contribution in [2.75, 3.05) is 44.6 Å². The van der Waals surface area contributed by atoms with Crippen molar-refractivity contribution in [3.63, 3.8) is 0 Å². The van der Waals surface area contributed by atoms with Gasteiger partial charge in [0.1, 0.15) is 5.75 Å². The largest absolute Gasteiger partial charge is 0.479 e. The van der Waals surface area contributed by atoms with E-state index in [2.05, 4.69) is 52.4 Å². The van der Waals surface area contributed by atoms with Crippen LogP contribution in [0.2, 0.25) is 19.6 Å². The van der Waals surface area contributed by atoms with Crippen molar-refractivity contribution in [1.29, 1.82) is 0 Å². The number of carbonyl (C=O) groups is 1. The van der Waals surface area contributed by atoms with Crippen LogP contribution in [0.1, 0.15) is 16.1 Å². The molecule has 0 spiro atoms. The highest BCUT2D eigenvalue weighted by atomic mass is 28.3. The summed E-state index contributed by atoms with van der Waals surface area (Å²) in [5, 5.41) is 7.23. The minimum absolute atomic E-state index is 0.0665. The number of nitrogens with one attached hydrogen (secondary N) is 2. The average Bonchev–Trinajstić information content (AvgIpc) is 3.28. The van der Waals surface area contributed by atoms with Crippen molar-refractivity contribution in [3.8, 4) is 23.5 Å². The highest BCUT2D eigenvalue weighted by Gasteiger charge is 2.30. The van der Waals surface area contributed by atoms with E-state index in [9.17, 15) is 4.79 Å². The Morgan fingerprint density at radius 3 is 2.33 bits per heavy atom. The zero-order chi connectivity index (χ0) is 26.0. The number of hydrogen-bond donors (Lipinski definition) is 2. The van der Waals surface area contributed by atoms with E-state index >= 15 is 0 Å². The number of amides is 1. The van der Waals surface area contributed by atoms with Gasteiger partial charge in [-0.05, 0) is 31.7 Å². The number of aromatic nitrogens is 2. The molecule has 11 heteroatoms. The van der Waals surface area contributed by atoms with Crippen LogP contribution in [-0.4, -0.2) is 64.3 Å². The third-order valence-corrected chi connectivity index (χ3v) is 8.14. The summed E-state index contributed by atoms with van der Waals surface area (Å²) < 4.78 is 22.6. The van der Waals surface area contributed by atoms with Gasteiger partial charge in [-0.2, -0.15) is 9.97 Å². The minimum atomic E-state index is -1.51. The first-order chi connectivity index (χ1) is 17.1. The molecule has 1 amide bonds. The monoisotopic (exact) mass is 511 g/mol. The van der Waals surface area contributed by atoms with Crippen molar-refractivity contribution >= 4 is 30.8 Å². The molecular formula is C25H33N5O5Si. The van der Waals surface area contributed by atoms with Crippen LogP contribution in [0, 0.1) is 6.92 Å². The fourth-order valence-corrected chi connectivity index (χ4v) is 4.88. The van der Waals surface area contributed by atoms with Crippen LogP contribution in [-0.2, 0) is 0 Å². The summed E-state index contributed by atoms with van der Waals surface area (Å²) in [4.78, 5) is 23.9. The van der Waals surface area contributed by atoms with Crippen molar-refractivity contribution < 1.29 is 23.4 Å². The van der Waals surface area contributed by atoms with Gasteiger partial charge in [0.2, 0.25) is 17.7 Å². The van der Waals surface area contributed by atoms with E-state index in [-0.39, 0.29) is 29.2 Å². The van der Waals surface area contributed by atoms with Crippen molar-refractivity contribution in [2.24, 2.45) is 0 Å². The van der Waals surface area contributed by atoms with Crippen LogP contribution in [0.15, 0.2) is 34.7 Å². The fourth-order valence-electron chi connectivity index (χ4n) is 3.74. The molecule has 0 radical (unpaired) electrons. The highest BCUT2D eigenvalue weighted by Crippen LogP contribution is 2.35. The number of carbonyl (C=O) groups excluding carboxylic acids is 1. The van der Waals surface area contributed by atoms with E-state index in [1.54, 1.807) is 12.1 Å². The number of furan rings is 1. The highest BCUT2D eigenvalue weighted by molar-refractivity contribution is 6.88. The Hall–Kier alpha value is -3.57. The van der Waals surface area contributed by atoms with Gasteiger partial charge in [-0.25, -0.2) is 0 Å². The van der Waals surface area contributed by atoms with E-state index in [1.807, 2.05) is 24.9 Å². The molecule has 1 saturated heterocycles. The number of nitrogens with zero attached hydrogens (tertiary/aromatic N) is 3. The first-order valence-corrected chi connectivity index (χ1v) is 15.2. The van der Waals surface area contributed by atoms with E-state index in [1.165, 1.54) is 19.4 Å². The van der Waals surface area contributed by atoms with E-state index in [0.717, 1.165) is 18.7 Å². The molecular weight excluding hydrogens is 478 g/mol. The third kappa shape index (κ3) is 5.31. The maximum Gasteiger partial charge on any atom is 0.291 e. The molecule has 3 aromatic rings. The maximum absolute atomic E-state index is 13.0. The van der Waals surface area contributed by atoms with Gasteiger partial charge < -0.3 is 34.2 Å². The summed E-state index contributed by atoms with van der Waals surface area (Å²) >= 11 is 0. The second kappa shape index (κ2) is 10.2. The summed E-state index contributed by atoms with van der Waals surface area (Å²) in [6, 6.07) is 9.78. The summed E-state index contributed by atoms with van der Waals surface area (Å²) in [7, 11) is 3.36. The van der Waals surface area contributed by atoms with Gasteiger partial charge in [-0.15, -0.1) is 0 Å². The lowest BCUT2D eigenvalue weighted by Crippen LogP contribution is -2.57. The molecule has 4 rings (SSSR count). The fraction of sp³-hybridized carbons (Fsp3) is 0.400. The number of ether oxygens (including phenoxy) is 3. The Morgan fingerprint density at radius 1 is 1.08 bits per heavy atom.